The van der Waals surface area contributed by atoms with Gasteiger partial charge in [0.2, 0.25) is 5.91 Å². The minimum Gasteiger partial charge on any atom is -0.497 e. The highest BCUT2D eigenvalue weighted by Crippen LogP contribution is 2.33. The first-order chi connectivity index (χ1) is 14.1. The Morgan fingerprint density at radius 2 is 1.93 bits per heavy atom. The summed E-state index contributed by atoms with van der Waals surface area (Å²) in [5.41, 5.74) is 3.07. The van der Waals surface area contributed by atoms with Crippen molar-refractivity contribution in [3.63, 3.8) is 0 Å². The second-order valence-corrected chi connectivity index (χ2v) is 7.45. The normalized spacial score (nSPS) is 19.8. The molecule has 5 rings (SSSR count). The van der Waals surface area contributed by atoms with Gasteiger partial charge in [-0.15, -0.1) is 0 Å². The number of H-pyrrole nitrogens is 1. The van der Waals surface area contributed by atoms with Gasteiger partial charge in [-0.05, 0) is 35.9 Å². The smallest absolute Gasteiger partial charge is 0.251 e. The molecule has 2 aromatic carbocycles. The quantitative estimate of drug-likeness (QED) is 0.695. The van der Waals surface area contributed by atoms with Crippen molar-refractivity contribution < 1.29 is 18.7 Å². The molecule has 1 atom stereocenters. The number of hydrogen-bond acceptors (Lipinski definition) is 4. The van der Waals surface area contributed by atoms with Gasteiger partial charge in [0.25, 0.3) is 5.91 Å². The Morgan fingerprint density at radius 1 is 1.14 bits per heavy atom. The van der Waals surface area contributed by atoms with Gasteiger partial charge < -0.3 is 9.72 Å². The largest absolute Gasteiger partial charge is 0.497 e. The van der Waals surface area contributed by atoms with Crippen LogP contribution in [0.2, 0.25) is 0 Å². The first kappa shape index (κ1) is 17.9. The topological polar surface area (TPSA) is 65.6 Å². The number of imide groups is 1. The molecule has 0 spiro atoms. The average Bonchev–Trinajstić information content (AvgIpc) is 3.26. The van der Waals surface area contributed by atoms with Crippen LogP contribution in [0.1, 0.15) is 17.7 Å². The lowest BCUT2D eigenvalue weighted by Crippen LogP contribution is -2.44. The van der Waals surface area contributed by atoms with Crippen molar-refractivity contribution in [2.24, 2.45) is 0 Å². The Labute approximate surface area is 166 Å². The van der Waals surface area contributed by atoms with Gasteiger partial charge in [0.15, 0.2) is 0 Å². The van der Waals surface area contributed by atoms with Crippen molar-refractivity contribution in [1.29, 1.82) is 0 Å². The third-order valence-electron chi connectivity index (χ3n) is 5.88. The maximum atomic E-state index is 14.1. The molecule has 2 aliphatic rings. The zero-order valence-electron chi connectivity index (χ0n) is 15.9. The monoisotopic (exact) mass is 393 g/mol. The zero-order chi connectivity index (χ0) is 20.1. The van der Waals surface area contributed by atoms with Crippen LogP contribution >= 0.6 is 0 Å². The standard InChI is InChI=1S/C22H20FN3O3/c1-29-14-7-5-13(6-8-14)26-20(27)11-19(22(26)28)25-10-9-18-16(12-25)15-3-2-4-17(23)21(15)24-18/h2-8,19,24H,9-12H2,1H3/t19-/m1/s1. The highest BCUT2D eigenvalue weighted by Gasteiger charge is 2.43. The summed E-state index contributed by atoms with van der Waals surface area (Å²) in [6.45, 7) is 1.15. The van der Waals surface area contributed by atoms with Gasteiger partial charge in [0.05, 0.1) is 30.8 Å². The zero-order valence-corrected chi connectivity index (χ0v) is 15.9. The van der Waals surface area contributed by atoms with E-state index in [1.807, 2.05) is 11.0 Å². The minimum absolute atomic E-state index is 0.150. The Morgan fingerprint density at radius 3 is 2.69 bits per heavy atom. The van der Waals surface area contributed by atoms with Gasteiger partial charge in [0, 0.05) is 30.6 Å². The van der Waals surface area contributed by atoms with Crippen molar-refractivity contribution in [3.8, 4) is 5.75 Å². The molecule has 0 unspecified atom stereocenters. The number of para-hydroxylation sites is 1. The first-order valence-electron chi connectivity index (χ1n) is 9.59. The first-order valence-corrected chi connectivity index (χ1v) is 9.59. The third-order valence-corrected chi connectivity index (χ3v) is 5.88. The van der Waals surface area contributed by atoms with E-state index in [-0.39, 0.29) is 24.1 Å². The van der Waals surface area contributed by atoms with E-state index in [1.165, 1.54) is 11.0 Å². The fourth-order valence-corrected chi connectivity index (χ4v) is 4.39. The number of nitrogens with one attached hydrogen (secondary N) is 1. The van der Waals surface area contributed by atoms with Gasteiger partial charge in [-0.2, -0.15) is 0 Å². The maximum absolute atomic E-state index is 14.1. The van der Waals surface area contributed by atoms with Gasteiger partial charge in [0.1, 0.15) is 11.6 Å². The summed E-state index contributed by atoms with van der Waals surface area (Å²) in [6, 6.07) is 11.4. The number of halogens is 1. The molecule has 0 bridgehead atoms. The molecule has 0 radical (unpaired) electrons. The van der Waals surface area contributed by atoms with E-state index in [0.29, 0.717) is 36.5 Å². The summed E-state index contributed by atoms with van der Waals surface area (Å²) < 4.78 is 19.3. The molecule has 1 aromatic heterocycles. The molecule has 2 aliphatic heterocycles. The molecule has 1 saturated heterocycles. The molecular formula is C22H20FN3O3. The van der Waals surface area contributed by atoms with Crippen molar-refractivity contribution >= 4 is 28.4 Å². The number of rotatable bonds is 3. The van der Waals surface area contributed by atoms with Crippen LogP contribution in [0, 0.1) is 5.82 Å². The van der Waals surface area contributed by atoms with Gasteiger partial charge >= 0.3 is 0 Å². The second kappa shape index (κ2) is 6.70. The second-order valence-electron chi connectivity index (χ2n) is 7.45. The Kier molecular flexibility index (Phi) is 4.13. The lowest BCUT2D eigenvalue weighted by molar-refractivity contribution is -0.123. The van der Waals surface area contributed by atoms with E-state index in [1.54, 1.807) is 37.4 Å². The van der Waals surface area contributed by atoms with Gasteiger partial charge in [-0.1, -0.05) is 12.1 Å². The summed E-state index contributed by atoms with van der Waals surface area (Å²) in [4.78, 5) is 32.2. The lowest BCUT2D eigenvalue weighted by Gasteiger charge is -2.31. The number of hydrogen-bond donors (Lipinski definition) is 1. The van der Waals surface area contributed by atoms with Crippen LogP contribution in [0.15, 0.2) is 42.5 Å². The van der Waals surface area contributed by atoms with Crippen LogP contribution in [0.4, 0.5) is 10.1 Å². The molecule has 1 N–H and O–H groups in total. The van der Waals surface area contributed by atoms with Gasteiger partial charge in [-0.25, -0.2) is 9.29 Å². The number of carbonyl (C=O) groups is 2. The molecule has 2 amide bonds. The fraction of sp³-hybridized carbons (Fsp3) is 0.273. The number of anilines is 1. The highest BCUT2D eigenvalue weighted by molar-refractivity contribution is 6.22. The molecule has 0 aliphatic carbocycles. The van der Waals surface area contributed by atoms with Crippen LogP contribution in [0.5, 0.6) is 5.75 Å². The molecule has 6 nitrogen and oxygen atoms in total. The van der Waals surface area contributed by atoms with Crippen LogP contribution in [0.3, 0.4) is 0 Å². The van der Waals surface area contributed by atoms with E-state index in [9.17, 15) is 14.0 Å². The van der Waals surface area contributed by atoms with Crippen LogP contribution in [-0.4, -0.2) is 41.4 Å². The Hall–Kier alpha value is -3.19. The van der Waals surface area contributed by atoms with E-state index in [4.69, 9.17) is 4.74 Å². The van der Waals surface area contributed by atoms with Crippen molar-refractivity contribution in [2.75, 3.05) is 18.6 Å². The summed E-state index contributed by atoms with van der Waals surface area (Å²) >= 11 is 0. The number of aromatic nitrogens is 1. The number of nitrogens with zero attached hydrogens (tertiary/aromatic N) is 2. The van der Waals surface area contributed by atoms with Crippen LogP contribution < -0.4 is 9.64 Å². The van der Waals surface area contributed by atoms with E-state index < -0.39 is 6.04 Å². The number of benzene rings is 2. The maximum Gasteiger partial charge on any atom is 0.251 e. The van der Waals surface area contributed by atoms with E-state index in [2.05, 4.69) is 4.98 Å². The number of ether oxygens (including phenoxy) is 1. The molecular weight excluding hydrogens is 373 g/mol. The van der Waals surface area contributed by atoms with Crippen molar-refractivity contribution in [2.45, 2.75) is 25.4 Å². The van der Waals surface area contributed by atoms with E-state index in [0.717, 1.165) is 16.6 Å². The highest BCUT2D eigenvalue weighted by atomic mass is 19.1. The Balaban J connectivity index is 1.42. The van der Waals surface area contributed by atoms with Crippen LogP contribution in [0.25, 0.3) is 10.9 Å². The summed E-state index contributed by atoms with van der Waals surface area (Å²) in [5.74, 6) is -0.0312. The predicted octanol–water partition coefficient (Wildman–Crippen LogP) is 3.01. The lowest BCUT2D eigenvalue weighted by atomic mass is 10.0. The third kappa shape index (κ3) is 2.81. The summed E-state index contributed by atoms with van der Waals surface area (Å²) in [5, 5.41) is 0.841. The number of aromatic amines is 1. The van der Waals surface area contributed by atoms with Gasteiger partial charge in [-0.3, -0.25) is 14.5 Å². The molecule has 1 fully saturated rings. The average molecular weight is 393 g/mol. The molecule has 7 heteroatoms. The predicted molar refractivity (Wildman–Crippen MR) is 106 cm³/mol. The summed E-state index contributed by atoms with van der Waals surface area (Å²) in [6.07, 6.45) is 0.834. The SMILES string of the molecule is COc1ccc(N2C(=O)C[C@@H](N3CCc4[nH]c5c(F)cccc5c4C3)C2=O)cc1. The van der Waals surface area contributed by atoms with Crippen molar-refractivity contribution in [1.82, 2.24) is 9.88 Å². The van der Waals surface area contributed by atoms with Crippen molar-refractivity contribution in [3.05, 3.63) is 59.5 Å². The number of carbonyl (C=O) groups excluding carboxylic acids is 2. The molecule has 29 heavy (non-hydrogen) atoms. The van der Waals surface area contributed by atoms with E-state index >= 15 is 0 Å². The molecule has 0 saturated carbocycles. The Bertz CT molecular complexity index is 1120. The minimum atomic E-state index is -0.503. The fourth-order valence-electron chi connectivity index (χ4n) is 4.39. The summed E-state index contributed by atoms with van der Waals surface area (Å²) in [7, 11) is 1.57. The molecule has 3 heterocycles. The molecule has 3 aromatic rings. The molecule has 148 valence electrons. The van der Waals surface area contributed by atoms with Crippen LogP contribution in [-0.2, 0) is 22.6 Å². The number of amides is 2. The number of fused-ring (bicyclic) bond motifs is 3. The number of methoxy groups -OCH3 is 1.